The van der Waals surface area contributed by atoms with Gasteiger partial charge in [0, 0.05) is 5.41 Å². The third kappa shape index (κ3) is 3.02. The summed E-state index contributed by atoms with van der Waals surface area (Å²) >= 11 is 0. The molecule has 0 fully saturated rings. The molecule has 2 nitrogen and oxygen atoms in total. The van der Waals surface area contributed by atoms with E-state index in [9.17, 15) is 4.79 Å². The average molecular weight is 157 g/mol. The van der Waals surface area contributed by atoms with E-state index in [-0.39, 0.29) is 23.2 Å². The molecule has 0 amide bonds. The molecule has 1 atom stereocenters. The van der Waals surface area contributed by atoms with Gasteiger partial charge in [-0.1, -0.05) is 34.6 Å². The summed E-state index contributed by atoms with van der Waals surface area (Å²) in [6.07, 6.45) is 0. The molecule has 66 valence electrons. The largest absolute Gasteiger partial charge is 0.321 e. The van der Waals surface area contributed by atoms with Gasteiger partial charge in [-0.15, -0.1) is 0 Å². The van der Waals surface area contributed by atoms with Gasteiger partial charge in [0.2, 0.25) is 0 Å². The number of rotatable bonds is 2. The second kappa shape index (κ2) is 3.35. The summed E-state index contributed by atoms with van der Waals surface area (Å²) in [6, 6.07) is -0.310. The molecular weight excluding hydrogens is 138 g/mol. The molecule has 0 radical (unpaired) electrons. The van der Waals surface area contributed by atoms with Crippen LogP contribution in [-0.2, 0) is 4.79 Å². The van der Waals surface area contributed by atoms with E-state index in [1.807, 2.05) is 34.6 Å². The molecule has 0 bridgehead atoms. The van der Waals surface area contributed by atoms with Crippen molar-refractivity contribution in [2.75, 3.05) is 0 Å². The predicted molar refractivity (Wildman–Crippen MR) is 47.3 cm³/mol. The Morgan fingerprint density at radius 3 is 1.73 bits per heavy atom. The topological polar surface area (TPSA) is 43.1 Å². The van der Waals surface area contributed by atoms with Crippen molar-refractivity contribution < 1.29 is 4.79 Å². The highest BCUT2D eigenvalue weighted by Crippen LogP contribution is 2.18. The molecule has 0 spiro atoms. The van der Waals surface area contributed by atoms with Gasteiger partial charge in [0.15, 0.2) is 5.78 Å². The van der Waals surface area contributed by atoms with Crippen LogP contribution in [-0.4, -0.2) is 11.8 Å². The number of ketones is 1. The van der Waals surface area contributed by atoms with Crippen LogP contribution in [0, 0.1) is 11.3 Å². The first kappa shape index (κ1) is 10.6. The van der Waals surface area contributed by atoms with E-state index in [1.54, 1.807) is 0 Å². The van der Waals surface area contributed by atoms with Crippen molar-refractivity contribution in [3.05, 3.63) is 0 Å². The fraction of sp³-hybridized carbons (Fsp3) is 0.889. The summed E-state index contributed by atoms with van der Waals surface area (Å²) in [5.74, 6) is 0.384. The molecule has 0 aromatic rings. The highest BCUT2D eigenvalue weighted by molar-refractivity contribution is 5.88. The molecule has 0 aliphatic carbocycles. The molecule has 0 aliphatic rings. The van der Waals surface area contributed by atoms with Crippen LogP contribution in [0.5, 0.6) is 0 Å². The molecule has 0 unspecified atom stereocenters. The number of carbonyl (C=O) groups is 1. The van der Waals surface area contributed by atoms with Crippen LogP contribution in [0.25, 0.3) is 0 Å². The Morgan fingerprint density at radius 1 is 1.27 bits per heavy atom. The third-order valence-electron chi connectivity index (χ3n) is 1.76. The van der Waals surface area contributed by atoms with E-state index < -0.39 is 0 Å². The number of nitrogens with two attached hydrogens (primary N) is 1. The SMILES string of the molecule is CC(C)[C@@H](N)C(=O)C(C)(C)C. The van der Waals surface area contributed by atoms with Gasteiger partial charge in [-0.05, 0) is 5.92 Å². The lowest BCUT2D eigenvalue weighted by Gasteiger charge is -2.23. The van der Waals surface area contributed by atoms with Crippen LogP contribution in [0.4, 0.5) is 0 Å². The molecule has 11 heavy (non-hydrogen) atoms. The average Bonchev–Trinajstić information content (AvgIpc) is 1.82. The Kier molecular flexibility index (Phi) is 3.24. The van der Waals surface area contributed by atoms with Gasteiger partial charge in [0.25, 0.3) is 0 Å². The zero-order valence-corrected chi connectivity index (χ0v) is 8.14. The van der Waals surface area contributed by atoms with Crippen molar-refractivity contribution in [3.63, 3.8) is 0 Å². The van der Waals surface area contributed by atoms with Crippen LogP contribution in [0.3, 0.4) is 0 Å². The van der Waals surface area contributed by atoms with E-state index >= 15 is 0 Å². The van der Waals surface area contributed by atoms with Crippen LogP contribution >= 0.6 is 0 Å². The fourth-order valence-electron chi connectivity index (χ4n) is 0.803. The Hall–Kier alpha value is -0.370. The molecule has 0 saturated heterocycles. The van der Waals surface area contributed by atoms with Gasteiger partial charge in [0.1, 0.15) is 0 Å². The summed E-state index contributed by atoms with van der Waals surface area (Å²) in [5, 5.41) is 0. The summed E-state index contributed by atoms with van der Waals surface area (Å²) in [6.45, 7) is 9.63. The number of hydrogen-bond acceptors (Lipinski definition) is 2. The van der Waals surface area contributed by atoms with E-state index in [4.69, 9.17) is 5.73 Å². The maximum atomic E-state index is 11.5. The van der Waals surface area contributed by atoms with Gasteiger partial charge in [-0.25, -0.2) is 0 Å². The molecule has 2 heteroatoms. The van der Waals surface area contributed by atoms with Crippen molar-refractivity contribution in [2.24, 2.45) is 17.1 Å². The molecule has 0 aliphatic heterocycles. The van der Waals surface area contributed by atoms with Gasteiger partial charge >= 0.3 is 0 Å². The lowest BCUT2D eigenvalue weighted by atomic mass is 9.83. The first-order valence-electron chi connectivity index (χ1n) is 4.06. The summed E-state index contributed by atoms with van der Waals surface area (Å²) in [5.41, 5.74) is 5.39. The highest BCUT2D eigenvalue weighted by atomic mass is 16.1. The molecule has 0 heterocycles. The maximum Gasteiger partial charge on any atom is 0.155 e. The minimum absolute atomic E-state index is 0.146. The molecule has 0 aromatic carbocycles. The molecule has 0 saturated carbocycles. The Balaban J connectivity index is 4.26. The second-order valence-corrected chi connectivity index (χ2v) is 4.38. The van der Waals surface area contributed by atoms with Crippen molar-refractivity contribution >= 4 is 5.78 Å². The Labute approximate surface area is 69.2 Å². The first-order valence-corrected chi connectivity index (χ1v) is 4.06. The first-order chi connectivity index (χ1) is 4.76. The van der Waals surface area contributed by atoms with Crippen molar-refractivity contribution in [3.8, 4) is 0 Å². The van der Waals surface area contributed by atoms with Crippen molar-refractivity contribution in [1.82, 2.24) is 0 Å². The standard InChI is InChI=1S/C9H19NO/c1-6(2)7(10)8(11)9(3,4)5/h6-7H,10H2,1-5H3/t7-/m1/s1. The number of Topliss-reactive ketones (excluding diaryl/α,β-unsaturated/α-hetero) is 1. The predicted octanol–water partition coefficient (Wildman–Crippen LogP) is 1.58. The maximum absolute atomic E-state index is 11.5. The summed E-state index contributed by atoms with van der Waals surface area (Å²) in [4.78, 5) is 11.5. The Morgan fingerprint density at radius 2 is 1.64 bits per heavy atom. The van der Waals surface area contributed by atoms with Gasteiger partial charge in [-0.2, -0.15) is 0 Å². The smallest absolute Gasteiger partial charge is 0.155 e. The quantitative estimate of drug-likeness (QED) is 0.661. The molecule has 0 rings (SSSR count). The molecule has 2 N–H and O–H groups in total. The van der Waals surface area contributed by atoms with Crippen LogP contribution in [0.2, 0.25) is 0 Å². The fourth-order valence-corrected chi connectivity index (χ4v) is 0.803. The third-order valence-corrected chi connectivity index (χ3v) is 1.76. The van der Waals surface area contributed by atoms with E-state index in [0.717, 1.165) is 0 Å². The van der Waals surface area contributed by atoms with Gasteiger partial charge in [-0.3, -0.25) is 4.79 Å². The summed E-state index contributed by atoms with van der Waals surface area (Å²) < 4.78 is 0. The molecular formula is C9H19NO. The zero-order valence-electron chi connectivity index (χ0n) is 8.14. The van der Waals surface area contributed by atoms with Crippen molar-refractivity contribution in [1.29, 1.82) is 0 Å². The van der Waals surface area contributed by atoms with Gasteiger partial charge in [0.05, 0.1) is 6.04 Å². The molecule has 0 aromatic heterocycles. The van der Waals surface area contributed by atoms with Gasteiger partial charge < -0.3 is 5.73 Å². The lowest BCUT2D eigenvalue weighted by Crippen LogP contribution is -2.42. The van der Waals surface area contributed by atoms with Crippen LogP contribution in [0.1, 0.15) is 34.6 Å². The lowest BCUT2D eigenvalue weighted by molar-refractivity contribution is -0.128. The van der Waals surface area contributed by atoms with Crippen LogP contribution < -0.4 is 5.73 Å². The second-order valence-electron chi connectivity index (χ2n) is 4.38. The zero-order chi connectivity index (χ0) is 9.23. The Bertz CT molecular complexity index is 144. The minimum atomic E-state index is -0.310. The normalized spacial score (nSPS) is 15.2. The summed E-state index contributed by atoms with van der Waals surface area (Å²) in [7, 11) is 0. The highest BCUT2D eigenvalue weighted by Gasteiger charge is 2.28. The van der Waals surface area contributed by atoms with Crippen molar-refractivity contribution in [2.45, 2.75) is 40.7 Å². The number of carbonyl (C=O) groups excluding carboxylic acids is 1. The van der Waals surface area contributed by atoms with E-state index in [1.165, 1.54) is 0 Å². The number of hydrogen-bond donors (Lipinski definition) is 1. The monoisotopic (exact) mass is 157 g/mol. The van der Waals surface area contributed by atoms with Crippen LogP contribution in [0.15, 0.2) is 0 Å². The minimum Gasteiger partial charge on any atom is -0.321 e. The van der Waals surface area contributed by atoms with E-state index in [2.05, 4.69) is 0 Å². The van der Waals surface area contributed by atoms with E-state index in [0.29, 0.717) is 0 Å².